The number of alkyl halides is 17. The molecule has 0 heterocycles. The molecule has 0 spiro atoms. The normalized spacial score (nSPS) is 16.2. The number of rotatable bonds is 8. The van der Waals surface area contributed by atoms with Crippen molar-refractivity contribution < 1.29 is 92.1 Å². The third-order valence-corrected chi connectivity index (χ3v) is 4.84. The van der Waals surface area contributed by atoms with Crippen molar-refractivity contribution in [2.45, 2.75) is 67.7 Å². The van der Waals surface area contributed by atoms with E-state index in [-0.39, 0.29) is 0 Å². The highest BCUT2D eigenvalue weighted by molar-refractivity contribution is 7.86. The summed E-state index contributed by atoms with van der Waals surface area (Å²) < 4.78 is 245. The van der Waals surface area contributed by atoms with E-state index < -0.39 is 57.1 Å². The van der Waals surface area contributed by atoms with Crippen LogP contribution in [-0.2, 0) is 10.1 Å². The first-order valence-corrected chi connectivity index (χ1v) is 10.6. The zero-order valence-corrected chi connectivity index (χ0v) is 20.5. The second-order valence-corrected chi connectivity index (χ2v) is 11.3. The van der Waals surface area contributed by atoms with Crippen molar-refractivity contribution in [1.82, 2.24) is 0 Å². The van der Waals surface area contributed by atoms with E-state index in [1.54, 1.807) is 0 Å². The molecule has 0 aromatic carbocycles. The van der Waals surface area contributed by atoms with Crippen LogP contribution >= 0.6 is 0 Å². The van der Waals surface area contributed by atoms with Gasteiger partial charge in [-0.05, 0) is 0 Å². The summed E-state index contributed by atoms with van der Waals surface area (Å²) in [5.41, 5.74) is 0.457. The molecule has 0 unspecified atom stereocenters. The fourth-order valence-electron chi connectivity index (χ4n) is 2.73. The summed E-state index contributed by atoms with van der Waals surface area (Å²) in [7, 11) is -1.46. The molecule has 0 saturated heterocycles. The molecular weight excluding hydrogens is 609 g/mol. The van der Waals surface area contributed by atoms with Crippen molar-refractivity contribution >= 4 is 10.1 Å². The third-order valence-electron chi connectivity index (χ3n) is 3.96. The van der Waals surface area contributed by atoms with E-state index in [9.17, 15) is 87.6 Å². The van der Waals surface area contributed by atoms with Crippen LogP contribution in [0.3, 0.4) is 0 Å². The Kier molecular flexibility index (Phi) is 10.2. The second-order valence-electron chi connectivity index (χ2n) is 9.92. The summed E-state index contributed by atoms with van der Waals surface area (Å²) in [6.45, 7) is 8.05. The van der Waals surface area contributed by atoms with Gasteiger partial charge in [0.15, 0.2) is 10.1 Å². The SMILES string of the molecule is CC(C)(C)C[N+](C)(C)C.O=S(=O)([O-])C(F)(F)C(F)(F)C(F)(F)C(F)(F)C(F)(F)C(F)(F)C(F)(F)C(F)(F)F. The molecule has 0 atom stereocenters. The maximum Gasteiger partial charge on any atom is 0.460 e. The van der Waals surface area contributed by atoms with Crippen molar-refractivity contribution in [3.05, 3.63) is 0 Å². The van der Waals surface area contributed by atoms with Gasteiger partial charge in [0.2, 0.25) is 0 Å². The van der Waals surface area contributed by atoms with E-state index in [0.29, 0.717) is 5.41 Å². The first-order chi connectivity index (χ1) is 15.7. The molecule has 0 aromatic rings. The van der Waals surface area contributed by atoms with Gasteiger partial charge >= 0.3 is 47.0 Å². The summed E-state index contributed by atoms with van der Waals surface area (Å²) in [6, 6.07) is 0. The van der Waals surface area contributed by atoms with Gasteiger partial charge in [0.05, 0.1) is 27.7 Å². The zero-order chi connectivity index (χ0) is 32.2. The maximum absolute atomic E-state index is 13.0. The molecule has 0 aromatic heterocycles. The Morgan fingerprint density at radius 3 is 0.921 bits per heavy atom. The Morgan fingerprint density at radius 2 is 0.763 bits per heavy atom. The van der Waals surface area contributed by atoms with Crippen LogP contribution in [0.4, 0.5) is 74.6 Å². The van der Waals surface area contributed by atoms with Crippen LogP contribution in [0.5, 0.6) is 0 Å². The first kappa shape index (κ1) is 38.8. The Bertz CT molecular complexity index is 916. The van der Waals surface area contributed by atoms with Crippen molar-refractivity contribution in [3.8, 4) is 0 Å². The highest BCUT2D eigenvalue weighted by atomic mass is 32.2. The highest BCUT2D eigenvalue weighted by Crippen LogP contribution is 2.64. The molecular formula is C16H20F17NO3S. The Balaban J connectivity index is 0. The maximum atomic E-state index is 13.0. The molecule has 0 aliphatic rings. The van der Waals surface area contributed by atoms with Gasteiger partial charge < -0.3 is 9.04 Å². The van der Waals surface area contributed by atoms with Crippen molar-refractivity contribution in [1.29, 1.82) is 0 Å². The van der Waals surface area contributed by atoms with Crippen LogP contribution in [0.1, 0.15) is 20.8 Å². The van der Waals surface area contributed by atoms with Gasteiger partial charge in [-0.25, -0.2) is 8.42 Å². The van der Waals surface area contributed by atoms with Crippen LogP contribution in [0.15, 0.2) is 0 Å². The summed E-state index contributed by atoms with van der Waals surface area (Å²) in [6.07, 6.45) is -7.89. The topological polar surface area (TPSA) is 57.2 Å². The lowest BCUT2D eigenvalue weighted by Gasteiger charge is -2.42. The average molecular weight is 629 g/mol. The third kappa shape index (κ3) is 6.69. The lowest BCUT2D eigenvalue weighted by molar-refractivity contribution is -0.876. The molecule has 0 rings (SSSR count). The van der Waals surface area contributed by atoms with E-state index in [1.807, 2.05) is 0 Å². The van der Waals surface area contributed by atoms with Gasteiger partial charge in [-0.2, -0.15) is 74.6 Å². The quantitative estimate of drug-likeness (QED) is 0.182. The van der Waals surface area contributed by atoms with E-state index in [1.165, 1.54) is 6.54 Å². The molecule has 0 radical (unpaired) electrons. The van der Waals surface area contributed by atoms with Crippen molar-refractivity contribution in [3.63, 3.8) is 0 Å². The van der Waals surface area contributed by atoms with Gasteiger partial charge in [0.1, 0.15) is 0 Å². The molecule has 0 fully saturated rings. The van der Waals surface area contributed by atoms with Crippen molar-refractivity contribution in [2.24, 2.45) is 5.41 Å². The van der Waals surface area contributed by atoms with Gasteiger partial charge in [0, 0.05) is 5.41 Å². The first-order valence-electron chi connectivity index (χ1n) is 9.18. The molecule has 4 nitrogen and oxygen atoms in total. The van der Waals surface area contributed by atoms with Gasteiger partial charge in [0.25, 0.3) is 0 Å². The standard InChI is InChI=1S/C8HF17O3S.C8H20N/c9-1(10,3(13,14)5(17,18)7(21,22)23)2(11,12)4(15,16)6(19,20)8(24,25)29(26,27)28;1-8(2,3)7-9(4,5)6/h(H,26,27,28);7H2,1-6H3/q;+1/p-1. The predicted molar refractivity (Wildman–Crippen MR) is 92.7 cm³/mol. The van der Waals surface area contributed by atoms with Crippen LogP contribution in [0, 0.1) is 5.41 Å². The van der Waals surface area contributed by atoms with Crippen LogP contribution in [-0.4, -0.2) is 92.1 Å². The molecule has 0 bridgehead atoms. The Labute approximate surface area is 204 Å². The van der Waals surface area contributed by atoms with E-state index >= 15 is 0 Å². The van der Waals surface area contributed by atoms with Crippen molar-refractivity contribution in [2.75, 3.05) is 27.7 Å². The van der Waals surface area contributed by atoms with Gasteiger partial charge in [-0.3, -0.25) is 0 Å². The largest absolute Gasteiger partial charge is 0.743 e. The molecule has 0 N–H and O–H groups in total. The summed E-state index contributed by atoms with van der Waals surface area (Å²) >= 11 is 0. The van der Waals surface area contributed by atoms with Crippen LogP contribution in [0.25, 0.3) is 0 Å². The number of hydrogen-bond acceptors (Lipinski definition) is 3. The highest BCUT2D eigenvalue weighted by Gasteiger charge is 2.95. The molecule has 38 heavy (non-hydrogen) atoms. The van der Waals surface area contributed by atoms with E-state index in [4.69, 9.17) is 0 Å². The number of halogens is 17. The smallest absolute Gasteiger partial charge is 0.460 e. The number of nitrogens with zero attached hydrogens (tertiary/aromatic N) is 1. The number of quaternary nitrogens is 1. The average Bonchev–Trinajstić information content (AvgIpc) is 2.55. The van der Waals surface area contributed by atoms with E-state index in [0.717, 1.165) is 4.48 Å². The summed E-state index contributed by atoms with van der Waals surface area (Å²) in [5, 5.41) is -7.95. The lowest BCUT2D eigenvalue weighted by Crippen LogP contribution is -2.75. The van der Waals surface area contributed by atoms with E-state index in [2.05, 4.69) is 41.9 Å². The minimum absolute atomic E-state index is 0.457. The molecule has 0 aliphatic heterocycles. The summed E-state index contributed by atoms with van der Waals surface area (Å²) in [5.74, 6) is -52.1. The fourth-order valence-corrected chi connectivity index (χ4v) is 3.17. The molecule has 0 amide bonds. The molecule has 0 aliphatic carbocycles. The molecule has 22 heteroatoms. The predicted octanol–water partition coefficient (Wildman–Crippen LogP) is 6.24. The Hall–Kier alpha value is -1.32. The minimum atomic E-state index is -8.92. The minimum Gasteiger partial charge on any atom is -0.743 e. The Morgan fingerprint density at radius 1 is 0.526 bits per heavy atom. The second kappa shape index (κ2) is 9.95. The number of hydrogen-bond donors (Lipinski definition) is 0. The monoisotopic (exact) mass is 629 g/mol. The molecule has 232 valence electrons. The fraction of sp³-hybridized carbons (Fsp3) is 1.00. The van der Waals surface area contributed by atoms with Crippen LogP contribution in [0.2, 0.25) is 0 Å². The van der Waals surface area contributed by atoms with Gasteiger partial charge in [-0.1, -0.05) is 20.8 Å². The summed E-state index contributed by atoms with van der Waals surface area (Å²) in [4.78, 5) is 0. The van der Waals surface area contributed by atoms with Crippen LogP contribution < -0.4 is 0 Å². The zero-order valence-electron chi connectivity index (χ0n) is 19.7. The lowest BCUT2D eigenvalue weighted by atomic mass is 9.91. The molecule has 0 saturated carbocycles. The van der Waals surface area contributed by atoms with Gasteiger partial charge in [-0.15, -0.1) is 0 Å².